The van der Waals surface area contributed by atoms with Crippen LogP contribution in [0.5, 0.6) is 17.2 Å². The number of hydrogen-bond donors (Lipinski definition) is 2. The topological polar surface area (TPSA) is 112 Å². The quantitative estimate of drug-likeness (QED) is 0.400. The molecule has 0 saturated carbocycles. The SMILES string of the molecule is COc1ccc(C)cc1NC(=O)CNC(=O)COC(=O)/C=C/c1cc(Cl)c(OC)c(OC)c1. The second-order valence-corrected chi connectivity index (χ2v) is 7.12. The van der Waals surface area contributed by atoms with E-state index in [0.717, 1.165) is 11.6 Å². The number of rotatable bonds is 10. The Morgan fingerprint density at radius 3 is 2.36 bits per heavy atom. The summed E-state index contributed by atoms with van der Waals surface area (Å²) in [6, 6.07) is 8.54. The lowest BCUT2D eigenvalue weighted by Crippen LogP contribution is -2.35. The molecule has 2 rings (SSSR count). The third-order valence-electron chi connectivity index (χ3n) is 4.29. The van der Waals surface area contributed by atoms with Crippen LogP contribution in [0.25, 0.3) is 6.08 Å². The standard InChI is InChI=1S/C23H25ClN2O7/c1-14-5-7-18(30-2)17(9-14)26-20(27)12-25-21(28)13-33-22(29)8-6-15-10-16(24)23(32-4)19(11-15)31-3/h5-11H,12-13H2,1-4H3,(H,25,28)(H,26,27)/b8-6+. The van der Waals surface area contributed by atoms with E-state index >= 15 is 0 Å². The van der Waals surface area contributed by atoms with Crippen LogP contribution < -0.4 is 24.8 Å². The number of methoxy groups -OCH3 is 3. The molecule has 0 aliphatic heterocycles. The first-order valence-electron chi connectivity index (χ1n) is 9.75. The molecular formula is C23H25ClN2O7. The predicted molar refractivity (Wildman–Crippen MR) is 124 cm³/mol. The van der Waals surface area contributed by atoms with Gasteiger partial charge in [0.15, 0.2) is 18.1 Å². The number of amides is 2. The van der Waals surface area contributed by atoms with Gasteiger partial charge in [0.05, 0.1) is 38.6 Å². The summed E-state index contributed by atoms with van der Waals surface area (Å²) in [6.45, 7) is 1.03. The van der Waals surface area contributed by atoms with Crippen LogP contribution in [0.1, 0.15) is 11.1 Å². The van der Waals surface area contributed by atoms with Gasteiger partial charge in [-0.2, -0.15) is 0 Å². The fourth-order valence-electron chi connectivity index (χ4n) is 2.73. The van der Waals surface area contributed by atoms with Gasteiger partial charge in [-0.1, -0.05) is 17.7 Å². The van der Waals surface area contributed by atoms with Crippen molar-refractivity contribution in [2.45, 2.75) is 6.92 Å². The molecule has 2 amide bonds. The van der Waals surface area contributed by atoms with Gasteiger partial charge in [0.2, 0.25) is 5.91 Å². The molecule has 0 aromatic heterocycles. The van der Waals surface area contributed by atoms with Gasteiger partial charge in [-0.25, -0.2) is 4.79 Å². The lowest BCUT2D eigenvalue weighted by atomic mass is 10.2. The number of benzene rings is 2. The number of anilines is 1. The maximum atomic E-state index is 12.1. The maximum Gasteiger partial charge on any atom is 0.331 e. The van der Waals surface area contributed by atoms with Crippen molar-refractivity contribution in [1.82, 2.24) is 5.32 Å². The number of carbonyl (C=O) groups excluding carboxylic acids is 3. The van der Waals surface area contributed by atoms with Crippen molar-refractivity contribution in [2.24, 2.45) is 0 Å². The predicted octanol–water partition coefficient (Wildman–Crippen LogP) is 2.99. The summed E-state index contributed by atoms with van der Waals surface area (Å²) >= 11 is 6.12. The number of carbonyl (C=O) groups is 3. The summed E-state index contributed by atoms with van der Waals surface area (Å²) in [6.07, 6.45) is 2.60. The molecule has 0 saturated heterocycles. The minimum Gasteiger partial charge on any atom is -0.495 e. The van der Waals surface area contributed by atoms with Gasteiger partial charge >= 0.3 is 5.97 Å². The highest BCUT2D eigenvalue weighted by Crippen LogP contribution is 2.36. The van der Waals surface area contributed by atoms with Crippen LogP contribution in [0.4, 0.5) is 5.69 Å². The Labute approximate surface area is 196 Å². The van der Waals surface area contributed by atoms with Gasteiger partial charge in [-0.05, 0) is 48.4 Å². The summed E-state index contributed by atoms with van der Waals surface area (Å²) in [5.74, 6) is -0.553. The van der Waals surface area contributed by atoms with Crippen LogP contribution in [-0.4, -0.2) is 52.3 Å². The van der Waals surface area contributed by atoms with E-state index in [9.17, 15) is 14.4 Å². The Morgan fingerprint density at radius 2 is 1.70 bits per heavy atom. The Morgan fingerprint density at radius 1 is 0.970 bits per heavy atom. The summed E-state index contributed by atoms with van der Waals surface area (Å²) in [5.41, 5.74) is 2.00. The first kappa shape index (κ1) is 25.5. The Hall–Kier alpha value is -3.72. The molecule has 2 aromatic carbocycles. The van der Waals surface area contributed by atoms with Gasteiger partial charge in [0.25, 0.3) is 5.91 Å². The number of ether oxygens (including phenoxy) is 4. The second-order valence-electron chi connectivity index (χ2n) is 6.71. The smallest absolute Gasteiger partial charge is 0.331 e. The van der Waals surface area contributed by atoms with Crippen molar-refractivity contribution in [2.75, 3.05) is 39.8 Å². The molecule has 9 nitrogen and oxygen atoms in total. The van der Waals surface area contributed by atoms with E-state index in [1.165, 1.54) is 27.4 Å². The Bertz CT molecular complexity index is 1050. The number of nitrogens with one attached hydrogen (secondary N) is 2. The second kappa shape index (κ2) is 12.4. The molecule has 2 N–H and O–H groups in total. The minimum atomic E-state index is -0.745. The van der Waals surface area contributed by atoms with E-state index in [-0.39, 0.29) is 6.54 Å². The molecule has 0 aliphatic carbocycles. The average molecular weight is 477 g/mol. The molecule has 0 spiro atoms. The number of esters is 1. The molecule has 2 aromatic rings. The van der Waals surface area contributed by atoms with Crippen LogP contribution in [0, 0.1) is 6.92 Å². The van der Waals surface area contributed by atoms with Crippen molar-refractivity contribution in [3.05, 3.63) is 52.6 Å². The van der Waals surface area contributed by atoms with Gasteiger partial charge < -0.3 is 29.6 Å². The van der Waals surface area contributed by atoms with E-state index in [4.69, 9.17) is 30.5 Å². The third kappa shape index (κ3) is 7.73. The fourth-order valence-corrected chi connectivity index (χ4v) is 3.02. The largest absolute Gasteiger partial charge is 0.495 e. The molecule has 0 atom stereocenters. The molecule has 0 heterocycles. The van der Waals surface area contributed by atoms with E-state index in [0.29, 0.717) is 33.5 Å². The molecule has 0 aliphatic rings. The molecule has 176 valence electrons. The molecular weight excluding hydrogens is 452 g/mol. The van der Waals surface area contributed by atoms with Crippen molar-refractivity contribution >= 4 is 41.1 Å². The average Bonchev–Trinajstić information content (AvgIpc) is 2.79. The van der Waals surface area contributed by atoms with Gasteiger partial charge in [-0.3, -0.25) is 9.59 Å². The Kier molecular flexibility index (Phi) is 9.56. The minimum absolute atomic E-state index is 0.298. The lowest BCUT2D eigenvalue weighted by molar-refractivity contribution is -0.143. The molecule has 0 unspecified atom stereocenters. The first-order valence-corrected chi connectivity index (χ1v) is 10.1. The van der Waals surface area contributed by atoms with Gasteiger partial charge in [0.1, 0.15) is 5.75 Å². The normalized spacial score (nSPS) is 10.5. The summed E-state index contributed by atoms with van der Waals surface area (Å²) < 4.78 is 20.4. The zero-order valence-electron chi connectivity index (χ0n) is 18.7. The Balaban J connectivity index is 1.81. The van der Waals surface area contributed by atoms with Crippen LogP contribution in [0.3, 0.4) is 0 Å². The van der Waals surface area contributed by atoms with Crippen LogP contribution in [0.15, 0.2) is 36.4 Å². The van der Waals surface area contributed by atoms with E-state index in [1.807, 2.05) is 13.0 Å². The maximum absolute atomic E-state index is 12.1. The highest BCUT2D eigenvalue weighted by Gasteiger charge is 2.12. The van der Waals surface area contributed by atoms with Gasteiger partial charge in [-0.15, -0.1) is 0 Å². The van der Waals surface area contributed by atoms with Crippen molar-refractivity contribution in [1.29, 1.82) is 0 Å². The molecule has 0 fully saturated rings. The number of aryl methyl sites for hydroxylation is 1. The van der Waals surface area contributed by atoms with E-state index in [1.54, 1.807) is 24.3 Å². The van der Waals surface area contributed by atoms with Crippen LogP contribution >= 0.6 is 11.6 Å². The van der Waals surface area contributed by atoms with Crippen LogP contribution in [-0.2, 0) is 19.1 Å². The summed E-state index contributed by atoms with van der Waals surface area (Å²) in [7, 11) is 4.42. The van der Waals surface area contributed by atoms with Crippen molar-refractivity contribution in [3.63, 3.8) is 0 Å². The zero-order valence-corrected chi connectivity index (χ0v) is 19.4. The molecule has 33 heavy (non-hydrogen) atoms. The molecule has 0 radical (unpaired) electrons. The number of halogens is 1. The third-order valence-corrected chi connectivity index (χ3v) is 4.57. The van der Waals surface area contributed by atoms with E-state index in [2.05, 4.69) is 10.6 Å². The monoisotopic (exact) mass is 476 g/mol. The fraction of sp³-hybridized carbons (Fsp3) is 0.261. The first-order chi connectivity index (χ1) is 15.8. The van der Waals surface area contributed by atoms with Crippen molar-refractivity contribution < 1.29 is 33.3 Å². The molecule has 0 bridgehead atoms. The molecule has 10 heteroatoms. The summed E-state index contributed by atoms with van der Waals surface area (Å²) in [4.78, 5) is 35.9. The van der Waals surface area contributed by atoms with Gasteiger partial charge in [0, 0.05) is 6.08 Å². The number of hydrogen-bond acceptors (Lipinski definition) is 7. The van der Waals surface area contributed by atoms with E-state index < -0.39 is 24.4 Å². The lowest BCUT2D eigenvalue weighted by Gasteiger charge is -2.11. The van der Waals surface area contributed by atoms with Crippen LogP contribution in [0.2, 0.25) is 5.02 Å². The highest BCUT2D eigenvalue weighted by molar-refractivity contribution is 6.32. The zero-order chi connectivity index (χ0) is 24.4. The summed E-state index contributed by atoms with van der Waals surface area (Å²) in [5, 5.41) is 5.34. The van der Waals surface area contributed by atoms with Crippen molar-refractivity contribution in [3.8, 4) is 17.2 Å². The highest BCUT2D eigenvalue weighted by atomic mass is 35.5.